The SMILES string of the molecule is CCOc1cc(Br)c(/C=N\NC(=O)c2ccc(C)c(Cl)c2)cc1OCC. The van der Waals surface area contributed by atoms with Gasteiger partial charge in [0.2, 0.25) is 0 Å². The quantitative estimate of drug-likeness (QED) is 0.489. The molecule has 0 aliphatic rings. The lowest BCUT2D eigenvalue weighted by molar-refractivity contribution is 0.0955. The molecule has 0 aromatic heterocycles. The lowest BCUT2D eigenvalue weighted by Crippen LogP contribution is -2.17. The van der Waals surface area contributed by atoms with Crippen LogP contribution in [0.5, 0.6) is 11.5 Å². The highest BCUT2D eigenvalue weighted by Crippen LogP contribution is 2.33. The first-order chi connectivity index (χ1) is 12.5. The van der Waals surface area contributed by atoms with E-state index in [4.69, 9.17) is 21.1 Å². The van der Waals surface area contributed by atoms with Gasteiger partial charge >= 0.3 is 0 Å². The zero-order valence-electron chi connectivity index (χ0n) is 14.8. The number of hydrogen-bond donors (Lipinski definition) is 1. The molecule has 0 bridgehead atoms. The molecule has 0 unspecified atom stereocenters. The number of carbonyl (C=O) groups is 1. The van der Waals surface area contributed by atoms with Gasteiger partial charge in [-0.15, -0.1) is 0 Å². The average molecular weight is 440 g/mol. The molecule has 0 radical (unpaired) electrons. The molecule has 138 valence electrons. The third-order valence-electron chi connectivity index (χ3n) is 3.47. The van der Waals surface area contributed by atoms with Crippen LogP contribution in [0.1, 0.15) is 35.3 Å². The van der Waals surface area contributed by atoms with Gasteiger partial charge in [-0.25, -0.2) is 5.43 Å². The van der Waals surface area contributed by atoms with E-state index in [1.807, 2.05) is 26.8 Å². The molecule has 0 aliphatic heterocycles. The zero-order chi connectivity index (χ0) is 19.1. The van der Waals surface area contributed by atoms with E-state index in [1.165, 1.54) is 6.21 Å². The number of rotatable bonds is 7. The third kappa shape index (κ3) is 5.22. The first-order valence-electron chi connectivity index (χ1n) is 8.15. The molecule has 0 atom stereocenters. The van der Waals surface area contributed by atoms with Crippen molar-refractivity contribution in [1.82, 2.24) is 5.43 Å². The number of nitrogens with one attached hydrogen (secondary N) is 1. The van der Waals surface area contributed by atoms with Crippen LogP contribution in [0.4, 0.5) is 0 Å². The number of amides is 1. The number of hydrogen-bond acceptors (Lipinski definition) is 4. The summed E-state index contributed by atoms with van der Waals surface area (Å²) in [7, 11) is 0. The van der Waals surface area contributed by atoms with Crippen LogP contribution < -0.4 is 14.9 Å². The molecule has 0 fully saturated rings. The van der Waals surface area contributed by atoms with E-state index in [0.717, 1.165) is 15.6 Å². The summed E-state index contributed by atoms with van der Waals surface area (Å²) in [4.78, 5) is 12.2. The molecule has 7 heteroatoms. The minimum atomic E-state index is -0.338. The van der Waals surface area contributed by atoms with Crippen LogP contribution >= 0.6 is 27.5 Å². The van der Waals surface area contributed by atoms with Crippen LogP contribution in [-0.4, -0.2) is 25.3 Å². The van der Waals surface area contributed by atoms with Gasteiger partial charge in [-0.1, -0.05) is 17.7 Å². The van der Waals surface area contributed by atoms with E-state index >= 15 is 0 Å². The number of carbonyl (C=O) groups excluding carboxylic acids is 1. The Bertz CT molecular complexity index is 825. The van der Waals surface area contributed by atoms with E-state index in [2.05, 4.69) is 26.5 Å². The molecule has 5 nitrogen and oxygen atoms in total. The molecule has 1 amide bonds. The van der Waals surface area contributed by atoms with Gasteiger partial charge in [0.15, 0.2) is 11.5 Å². The Morgan fingerprint density at radius 1 is 1.19 bits per heavy atom. The molecule has 0 saturated carbocycles. The summed E-state index contributed by atoms with van der Waals surface area (Å²) >= 11 is 9.52. The van der Waals surface area contributed by atoms with Crippen molar-refractivity contribution < 1.29 is 14.3 Å². The zero-order valence-corrected chi connectivity index (χ0v) is 17.1. The highest BCUT2D eigenvalue weighted by molar-refractivity contribution is 9.10. The van der Waals surface area contributed by atoms with Gasteiger partial charge in [0, 0.05) is 20.6 Å². The van der Waals surface area contributed by atoms with Crippen LogP contribution in [0, 0.1) is 6.92 Å². The van der Waals surface area contributed by atoms with Crippen molar-refractivity contribution in [2.75, 3.05) is 13.2 Å². The minimum Gasteiger partial charge on any atom is -0.490 e. The fourth-order valence-electron chi connectivity index (χ4n) is 2.15. The second-order valence-corrected chi connectivity index (χ2v) is 6.61. The van der Waals surface area contributed by atoms with E-state index in [0.29, 0.717) is 35.3 Å². The van der Waals surface area contributed by atoms with Crippen LogP contribution in [-0.2, 0) is 0 Å². The number of hydrazone groups is 1. The molecular formula is C19H20BrClN2O3. The van der Waals surface area contributed by atoms with E-state index in [-0.39, 0.29) is 5.91 Å². The molecule has 26 heavy (non-hydrogen) atoms. The van der Waals surface area contributed by atoms with E-state index in [1.54, 1.807) is 24.3 Å². The minimum absolute atomic E-state index is 0.338. The molecule has 2 aromatic rings. The largest absolute Gasteiger partial charge is 0.490 e. The Morgan fingerprint density at radius 2 is 1.85 bits per heavy atom. The number of benzene rings is 2. The highest BCUT2D eigenvalue weighted by atomic mass is 79.9. The number of aryl methyl sites for hydroxylation is 1. The van der Waals surface area contributed by atoms with Crippen LogP contribution in [0.15, 0.2) is 39.9 Å². The van der Waals surface area contributed by atoms with Crippen molar-refractivity contribution in [2.24, 2.45) is 5.10 Å². The standard InChI is InChI=1S/C19H20BrClN2O3/c1-4-25-17-9-14(15(20)10-18(17)26-5-2)11-22-23-19(24)13-7-6-12(3)16(21)8-13/h6-11H,4-5H2,1-3H3,(H,23,24)/b22-11-. The predicted octanol–water partition coefficient (Wildman–Crippen LogP) is 4.97. The van der Waals surface area contributed by atoms with Gasteiger partial charge < -0.3 is 9.47 Å². The summed E-state index contributed by atoms with van der Waals surface area (Å²) in [6, 6.07) is 8.72. The van der Waals surface area contributed by atoms with E-state index < -0.39 is 0 Å². The van der Waals surface area contributed by atoms with Gasteiger partial charge in [-0.05, 0) is 66.5 Å². The maximum Gasteiger partial charge on any atom is 0.271 e. The molecular weight excluding hydrogens is 420 g/mol. The summed E-state index contributed by atoms with van der Waals surface area (Å²) in [5.41, 5.74) is 4.59. The predicted molar refractivity (Wildman–Crippen MR) is 108 cm³/mol. The third-order valence-corrected chi connectivity index (χ3v) is 4.56. The maximum atomic E-state index is 12.2. The number of ether oxygens (including phenoxy) is 2. The summed E-state index contributed by atoms with van der Waals surface area (Å²) in [5, 5.41) is 4.55. The number of halogens is 2. The Kier molecular flexibility index (Phi) is 7.48. The molecule has 1 N–H and O–H groups in total. The highest BCUT2D eigenvalue weighted by Gasteiger charge is 2.10. The van der Waals surface area contributed by atoms with E-state index in [9.17, 15) is 4.79 Å². The van der Waals surface area contributed by atoms with Crippen molar-refractivity contribution in [3.63, 3.8) is 0 Å². The Hall–Kier alpha value is -2.05. The maximum absolute atomic E-state index is 12.2. The fraction of sp³-hybridized carbons (Fsp3) is 0.263. The molecule has 0 aliphatic carbocycles. The smallest absolute Gasteiger partial charge is 0.271 e. The van der Waals surface area contributed by atoms with Crippen molar-refractivity contribution in [2.45, 2.75) is 20.8 Å². The monoisotopic (exact) mass is 438 g/mol. The Labute approximate surface area is 166 Å². The second kappa shape index (κ2) is 9.59. The lowest BCUT2D eigenvalue weighted by Gasteiger charge is -2.12. The topological polar surface area (TPSA) is 59.9 Å². The van der Waals surface area contributed by atoms with Gasteiger partial charge in [0.25, 0.3) is 5.91 Å². The summed E-state index contributed by atoms with van der Waals surface area (Å²) in [6.07, 6.45) is 1.54. The molecule has 0 saturated heterocycles. The first kappa shape index (κ1) is 20.3. The Morgan fingerprint density at radius 3 is 2.46 bits per heavy atom. The molecule has 0 heterocycles. The van der Waals surface area contributed by atoms with Crippen molar-refractivity contribution in [3.8, 4) is 11.5 Å². The summed E-state index contributed by atoms with van der Waals surface area (Å²) < 4.78 is 11.9. The van der Waals surface area contributed by atoms with Gasteiger partial charge in [-0.3, -0.25) is 4.79 Å². The summed E-state index contributed by atoms with van der Waals surface area (Å²) in [5.74, 6) is 0.933. The van der Waals surface area contributed by atoms with Gasteiger partial charge in [0.05, 0.1) is 19.4 Å². The molecule has 2 aromatic carbocycles. The summed E-state index contributed by atoms with van der Waals surface area (Å²) in [6.45, 7) is 6.74. The van der Waals surface area contributed by atoms with Gasteiger partial charge in [-0.2, -0.15) is 5.10 Å². The van der Waals surface area contributed by atoms with Crippen molar-refractivity contribution >= 4 is 39.7 Å². The normalized spacial score (nSPS) is 10.8. The average Bonchev–Trinajstić information content (AvgIpc) is 2.61. The number of nitrogens with zero attached hydrogens (tertiary/aromatic N) is 1. The molecule has 0 spiro atoms. The Balaban J connectivity index is 2.15. The van der Waals surface area contributed by atoms with Crippen LogP contribution in [0.3, 0.4) is 0 Å². The molecule has 2 rings (SSSR count). The first-order valence-corrected chi connectivity index (χ1v) is 9.32. The fourth-order valence-corrected chi connectivity index (χ4v) is 2.75. The van der Waals surface area contributed by atoms with Gasteiger partial charge in [0.1, 0.15) is 0 Å². The lowest BCUT2D eigenvalue weighted by atomic mass is 10.1. The van der Waals surface area contributed by atoms with Crippen molar-refractivity contribution in [1.29, 1.82) is 0 Å². The van der Waals surface area contributed by atoms with Crippen LogP contribution in [0.25, 0.3) is 0 Å². The second-order valence-electron chi connectivity index (χ2n) is 5.35. The van der Waals surface area contributed by atoms with Crippen LogP contribution in [0.2, 0.25) is 5.02 Å². The van der Waals surface area contributed by atoms with Crippen molar-refractivity contribution in [3.05, 3.63) is 56.5 Å².